The third kappa shape index (κ3) is 2.02. The molecule has 0 radical (unpaired) electrons. The van der Waals surface area contributed by atoms with E-state index in [1.54, 1.807) is 13.4 Å². The molecule has 2 atom stereocenters. The highest BCUT2D eigenvalue weighted by Gasteiger charge is 2.31. The molecule has 1 heterocycles. The van der Waals surface area contributed by atoms with Crippen LogP contribution >= 0.6 is 0 Å². The summed E-state index contributed by atoms with van der Waals surface area (Å²) < 4.78 is 16.7. The van der Waals surface area contributed by atoms with Crippen LogP contribution in [0.25, 0.3) is 17.0 Å². The van der Waals surface area contributed by atoms with Gasteiger partial charge in [0.25, 0.3) is 0 Å². The first-order valence-corrected chi connectivity index (χ1v) is 7.39. The maximum atomic E-state index is 11.3. The van der Waals surface area contributed by atoms with Crippen molar-refractivity contribution in [3.8, 4) is 5.75 Å². The van der Waals surface area contributed by atoms with E-state index in [1.165, 1.54) is 6.92 Å². The van der Waals surface area contributed by atoms with E-state index in [0.29, 0.717) is 0 Å². The molecule has 0 spiro atoms. The van der Waals surface area contributed by atoms with E-state index in [1.807, 2.05) is 19.1 Å². The molecule has 22 heavy (non-hydrogen) atoms. The van der Waals surface area contributed by atoms with Crippen molar-refractivity contribution in [3.63, 3.8) is 0 Å². The van der Waals surface area contributed by atoms with Crippen molar-refractivity contribution in [1.29, 1.82) is 0 Å². The average Bonchev–Trinajstić information content (AvgIpc) is 2.84. The maximum Gasteiger partial charge on any atom is 0.303 e. The molecule has 0 unspecified atom stereocenters. The highest BCUT2D eigenvalue weighted by atomic mass is 16.5. The van der Waals surface area contributed by atoms with E-state index in [9.17, 15) is 4.79 Å². The normalized spacial score (nSPS) is 20.0. The van der Waals surface area contributed by atoms with Crippen molar-refractivity contribution in [2.24, 2.45) is 0 Å². The van der Waals surface area contributed by atoms with Crippen LogP contribution in [0, 0.1) is 13.8 Å². The Labute approximate surface area is 129 Å². The van der Waals surface area contributed by atoms with Crippen molar-refractivity contribution in [1.82, 2.24) is 0 Å². The Bertz CT molecular complexity index is 782. The van der Waals surface area contributed by atoms with Gasteiger partial charge in [-0.25, -0.2) is 0 Å². The maximum absolute atomic E-state index is 11.3. The van der Waals surface area contributed by atoms with Crippen molar-refractivity contribution < 1.29 is 18.7 Å². The lowest BCUT2D eigenvalue weighted by Crippen LogP contribution is -2.24. The average molecular weight is 300 g/mol. The Morgan fingerprint density at radius 2 is 2.05 bits per heavy atom. The van der Waals surface area contributed by atoms with Gasteiger partial charge in [-0.3, -0.25) is 4.79 Å². The molecule has 0 amide bonds. The molecule has 0 saturated heterocycles. The summed E-state index contributed by atoms with van der Waals surface area (Å²) in [5, 5.41) is 1.08. The number of fused-ring (bicyclic) bond motifs is 2. The number of ether oxygens (including phenoxy) is 2. The molecule has 0 N–H and O–H groups in total. The fraction of sp³-hybridized carbons (Fsp3) is 0.389. The van der Waals surface area contributed by atoms with Crippen molar-refractivity contribution in [3.05, 3.63) is 34.6 Å². The van der Waals surface area contributed by atoms with Crippen LogP contribution < -0.4 is 4.74 Å². The predicted octanol–water partition coefficient (Wildman–Crippen LogP) is 4.12. The summed E-state index contributed by atoms with van der Waals surface area (Å²) in [5.74, 6) is 0.541. The minimum absolute atomic E-state index is 0.0662. The zero-order valence-electron chi connectivity index (χ0n) is 13.5. The number of hydrogen-bond acceptors (Lipinski definition) is 4. The zero-order valence-corrected chi connectivity index (χ0v) is 13.5. The summed E-state index contributed by atoms with van der Waals surface area (Å²) >= 11 is 0. The van der Waals surface area contributed by atoms with Crippen molar-refractivity contribution in [2.75, 3.05) is 7.11 Å². The Kier molecular flexibility index (Phi) is 3.47. The lowest BCUT2D eigenvalue weighted by Gasteiger charge is -2.29. The summed E-state index contributed by atoms with van der Waals surface area (Å²) in [6.45, 7) is 7.62. The first-order chi connectivity index (χ1) is 10.5. The van der Waals surface area contributed by atoms with Crippen LogP contribution in [-0.4, -0.2) is 19.2 Å². The molecule has 0 saturated carbocycles. The third-order valence-corrected chi connectivity index (χ3v) is 4.40. The fourth-order valence-corrected chi connectivity index (χ4v) is 3.47. The Morgan fingerprint density at radius 1 is 1.32 bits per heavy atom. The highest BCUT2D eigenvalue weighted by molar-refractivity contribution is 5.95. The first kappa shape index (κ1) is 14.7. The number of furan rings is 1. The minimum Gasteiger partial charge on any atom is -0.492 e. The number of aryl methyl sites for hydroxylation is 2. The Hall–Kier alpha value is -2.23. The van der Waals surface area contributed by atoms with Gasteiger partial charge < -0.3 is 13.9 Å². The number of carbonyl (C=O) groups is 1. The second-order valence-electron chi connectivity index (χ2n) is 5.83. The number of hydrogen-bond donors (Lipinski definition) is 0. The lowest BCUT2D eigenvalue weighted by atomic mass is 9.81. The SMILES string of the molecule is COc1c2c(c(C)c3c(C)coc13)[C@@H](C)[C@@H](OC(C)=O)C=C2. The summed E-state index contributed by atoms with van der Waals surface area (Å²) in [7, 11) is 1.65. The molecule has 2 aromatic rings. The van der Waals surface area contributed by atoms with Gasteiger partial charge in [0.15, 0.2) is 11.3 Å². The molecule has 3 rings (SSSR count). The number of rotatable bonds is 2. The van der Waals surface area contributed by atoms with E-state index in [4.69, 9.17) is 13.9 Å². The molecule has 116 valence electrons. The van der Waals surface area contributed by atoms with Gasteiger partial charge in [0.1, 0.15) is 6.10 Å². The molecule has 1 aromatic heterocycles. The number of benzene rings is 1. The van der Waals surface area contributed by atoms with Crippen LogP contribution in [0.3, 0.4) is 0 Å². The first-order valence-electron chi connectivity index (χ1n) is 7.39. The van der Waals surface area contributed by atoms with Gasteiger partial charge in [0.05, 0.1) is 13.4 Å². The molecule has 1 aliphatic carbocycles. The fourth-order valence-electron chi connectivity index (χ4n) is 3.47. The van der Waals surface area contributed by atoms with Gasteiger partial charge in [0.2, 0.25) is 0 Å². The number of esters is 1. The molecule has 4 nitrogen and oxygen atoms in total. The molecule has 1 aliphatic rings. The van der Waals surface area contributed by atoms with Gasteiger partial charge in [0, 0.05) is 23.8 Å². The second kappa shape index (κ2) is 5.20. The van der Waals surface area contributed by atoms with Gasteiger partial charge in [-0.2, -0.15) is 0 Å². The minimum atomic E-state index is -0.268. The van der Waals surface area contributed by atoms with E-state index in [0.717, 1.165) is 39.0 Å². The summed E-state index contributed by atoms with van der Waals surface area (Å²) in [6, 6.07) is 0. The van der Waals surface area contributed by atoms with Gasteiger partial charge in [-0.15, -0.1) is 0 Å². The number of methoxy groups -OCH3 is 1. The topological polar surface area (TPSA) is 48.7 Å². The highest BCUT2D eigenvalue weighted by Crippen LogP contribution is 2.45. The van der Waals surface area contributed by atoms with Crippen LogP contribution in [-0.2, 0) is 9.53 Å². The van der Waals surface area contributed by atoms with Gasteiger partial charge in [-0.05, 0) is 36.6 Å². The summed E-state index contributed by atoms with van der Waals surface area (Å²) in [5.41, 5.74) is 5.19. The Morgan fingerprint density at radius 3 is 2.68 bits per heavy atom. The molecule has 0 aliphatic heterocycles. The standard InChI is InChI=1S/C18H20O4/c1-9-8-21-18-15(9)11(3)16-10(2)14(22-12(4)19)7-6-13(16)17(18)20-5/h6-8,10,14H,1-5H3/t10-,14-/m0/s1. The van der Waals surface area contributed by atoms with E-state index in [2.05, 4.69) is 13.8 Å². The monoisotopic (exact) mass is 300 g/mol. The van der Waals surface area contributed by atoms with Crippen molar-refractivity contribution >= 4 is 23.0 Å². The van der Waals surface area contributed by atoms with Crippen LogP contribution in [0.1, 0.15) is 42.0 Å². The van der Waals surface area contributed by atoms with Crippen molar-refractivity contribution in [2.45, 2.75) is 39.7 Å². The molecule has 1 aromatic carbocycles. The third-order valence-electron chi connectivity index (χ3n) is 4.40. The lowest BCUT2D eigenvalue weighted by molar-refractivity contribution is -0.144. The molecular formula is C18H20O4. The summed E-state index contributed by atoms with van der Waals surface area (Å²) in [4.78, 5) is 11.3. The summed E-state index contributed by atoms with van der Waals surface area (Å²) in [6.07, 6.45) is 5.38. The quantitative estimate of drug-likeness (QED) is 0.783. The second-order valence-corrected chi connectivity index (χ2v) is 5.83. The molecular weight excluding hydrogens is 280 g/mol. The van der Waals surface area contributed by atoms with Crippen LogP contribution in [0.4, 0.5) is 0 Å². The largest absolute Gasteiger partial charge is 0.492 e. The van der Waals surface area contributed by atoms with E-state index < -0.39 is 0 Å². The van der Waals surface area contributed by atoms with Crippen LogP contribution in [0.2, 0.25) is 0 Å². The molecule has 0 fully saturated rings. The van der Waals surface area contributed by atoms with Gasteiger partial charge in [-0.1, -0.05) is 13.0 Å². The van der Waals surface area contributed by atoms with Crippen LogP contribution in [0.15, 0.2) is 16.8 Å². The number of carbonyl (C=O) groups excluding carboxylic acids is 1. The van der Waals surface area contributed by atoms with E-state index in [-0.39, 0.29) is 18.0 Å². The molecule has 4 heteroatoms. The predicted molar refractivity (Wildman–Crippen MR) is 85.2 cm³/mol. The zero-order chi connectivity index (χ0) is 16.0. The molecule has 0 bridgehead atoms. The van der Waals surface area contributed by atoms with E-state index >= 15 is 0 Å². The van der Waals surface area contributed by atoms with Gasteiger partial charge >= 0.3 is 5.97 Å². The smallest absolute Gasteiger partial charge is 0.303 e. The Balaban J connectivity index is 2.28. The van der Waals surface area contributed by atoms with Crippen LogP contribution in [0.5, 0.6) is 5.75 Å².